The summed E-state index contributed by atoms with van der Waals surface area (Å²) < 4.78 is 0. The van der Waals surface area contributed by atoms with Gasteiger partial charge in [0, 0.05) is 6.04 Å². The van der Waals surface area contributed by atoms with E-state index in [4.69, 9.17) is 0 Å². The predicted molar refractivity (Wildman–Crippen MR) is 109 cm³/mol. The standard InChI is InChI=1S/C23H22N2O5/c26-14-23(22(29)30)19-18(17(24-23)12-11-15-7-3-1-4-8-15)20(27)25(21(19)28)13-16-9-5-2-6-10-16/h1-12,17-19,24,26H,13-14H2,(H,29,30)/b12-11+. The van der Waals surface area contributed by atoms with Crippen LogP contribution in [0.4, 0.5) is 0 Å². The number of nitrogens with one attached hydrogen (secondary N) is 1. The lowest BCUT2D eigenvalue weighted by Gasteiger charge is -2.28. The number of hydrogen-bond acceptors (Lipinski definition) is 5. The van der Waals surface area contributed by atoms with Gasteiger partial charge in [0.15, 0.2) is 5.54 Å². The normalized spacial score (nSPS) is 28.3. The number of benzene rings is 2. The molecule has 4 unspecified atom stereocenters. The average Bonchev–Trinajstić information content (AvgIpc) is 3.23. The lowest BCUT2D eigenvalue weighted by Crippen LogP contribution is -2.59. The fraction of sp³-hybridized carbons (Fsp3) is 0.261. The number of fused-ring (bicyclic) bond motifs is 1. The molecule has 2 fully saturated rings. The molecule has 7 nitrogen and oxygen atoms in total. The van der Waals surface area contributed by atoms with Crippen molar-refractivity contribution in [2.24, 2.45) is 11.8 Å². The highest BCUT2D eigenvalue weighted by Crippen LogP contribution is 2.44. The van der Waals surface area contributed by atoms with E-state index in [0.717, 1.165) is 16.0 Å². The van der Waals surface area contributed by atoms with E-state index < -0.39 is 47.8 Å². The average molecular weight is 406 g/mol. The van der Waals surface area contributed by atoms with Gasteiger partial charge in [-0.25, -0.2) is 0 Å². The van der Waals surface area contributed by atoms with Gasteiger partial charge in [-0.15, -0.1) is 0 Å². The van der Waals surface area contributed by atoms with Crippen molar-refractivity contribution in [1.82, 2.24) is 10.2 Å². The van der Waals surface area contributed by atoms with Crippen LogP contribution in [-0.4, -0.2) is 51.1 Å². The highest BCUT2D eigenvalue weighted by atomic mass is 16.4. The Morgan fingerprint density at radius 3 is 2.27 bits per heavy atom. The molecule has 0 saturated carbocycles. The third-order valence-electron chi connectivity index (χ3n) is 5.89. The van der Waals surface area contributed by atoms with Crippen LogP contribution in [-0.2, 0) is 20.9 Å². The summed E-state index contributed by atoms with van der Waals surface area (Å²) in [6, 6.07) is 17.7. The zero-order chi connectivity index (χ0) is 21.3. The lowest BCUT2D eigenvalue weighted by molar-refractivity contribution is -0.153. The minimum Gasteiger partial charge on any atom is -0.480 e. The number of nitrogens with zero attached hydrogens (tertiary/aromatic N) is 1. The van der Waals surface area contributed by atoms with E-state index in [1.165, 1.54) is 0 Å². The van der Waals surface area contributed by atoms with Crippen LogP contribution in [0, 0.1) is 11.8 Å². The summed E-state index contributed by atoms with van der Waals surface area (Å²) in [5, 5.41) is 22.7. The third-order valence-corrected chi connectivity index (χ3v) is 5.89. The minimum atomic E-state index is -1.91. The van der Waals surface area contributed by atoms with Crippen LogP contribution in [0.1, 0.15) is 11.1 Å². The topological polar surface area (TPSA) is 107 Å². The molecule has 0 aliphatic carbocycles. The van der Waals surface area contributed by atoms with Crippen LogP contribution < -0.4 is 5.32 Å². The Labute approximate surface area is 173 Å². The molecular formula is C23H22N2O5. The lowest BCUT2D eigenvalue weighted by atomic mass is 9.80. The molecule has 0 spiro atoms. The Hall–Kier alpha value is -3.29. The Morgan fingerprint density at radius 1 is 1.03 bits per heavy atom. The summed E-state index contributed by atoms with van der Waals surface area (Å²) in [7, 11) is 0. The molecule has 4 atom stereocenters. The second kappa shape index (κ2) is 7.85. The van der Waals surface area contributed by atoms with Crippen LogP contribution in [0.5, 0.6) is 0 Å². The number of imide groups is 1. The number of rotatable bonds is 6. The van der Waals surface area contributed by atoms with Crippen molar-refractivity contribution >= 4 is 23.9 Å². The summed E-state index contributed by atoms with van der Waals surface area (Å²) in [5.74, 6) is -4.43. The summed E-state index contributed by atoms with van der Waals surface area (Å²) in [5.41, 5.74) is -0.256. The van der Waals surface area contributed by atoms with E-state index in [0.29, 0.717) is 0 Å². The second-order valence-electron chi connectivity index (χ2n) is 7.63. The molecule has 4 rings (SSSR count). The van der Waals surface area contributed by atoms with Gasteiger partial charge in [-0.1, -0.05) is 72.8 Å². The number of aliphatic hydroxyl groups is 1. The van der Waals surface area contributed by atoms with Crippen molar-refractivity contribution in [3.63, 3.8) is 0 Å². The quantitative estimate of drug-likeness (QED) is 0.624. The number of amides is 2. The van der Waals surface area contributed by atoms with Crippen LogP contribution in [0.25, 0.3) is 6.08 Å². The van der Waals surface area contributed by atoms with Gasteiger partial charge >= 0.3 is 5.97 Å². The first-order chi connectivity index (χ1) is 14.5. The maximum Gasteiger partial charge on any atom is 0.327 e. The van der Waals surface area contributed by atoms with Crippen molar-refractivity contribution in [1.29, 1.82) is 0 Å². The van der Waals surface area contributed by atoms with E-state index in [9.17, 15) is 24.6 Å². The van der Waals surface area contributed by atoms with Crippen LogP contribution in [0.2, 0.25) is 0 Å². The highest BCUT2D eigenvalue weighted by molar-refractivity contribution is 6.09. The molecule has 2 aliphatic rings. The van der Waals surface area contributed by atoms with E-state index in [-0.39, 0.29) is 6.54 Å². The number of carbonyl (C=O) groups is 3. The summed E-state index contributed by atoms with van der Waals surface area (Å²) in [6.07, 6.45) is 3.48. The number of aliphatic hydroxyl groups excluding tert-OH is 1. The van der Waals surface area contributed by atoms with Gasteiger partial charge in [-0.05, 0) is 11.1 Å². The monoisotopic (exact) mass is 406 g/mol. The van der Waals surface area contributed by atoms with Gasteiger partial charge in [0.05, 0.1) is 25.0 Å². The SMILES string of the molecule is O=C1C2C(/C=C/c3ccccc3)NC(CO)(C(=O)O)C2C(=O)N1Cc1ccccc1. The summed E-state index contributed by atoms with van der Waals surface area (Å²) in [4.78, 5) is 39.6. The number of likely N-dealkylation sites (tertiary alicyclic amines) is 1. The van der Waals surface area contributed by atoms with Gasteiger partial charge in [-0.3, -0.25) is 24.6 Å². The molecule has 7 heteroatoms. The van der Waals surface area contributed by atoms with E-state index in [1.807, 2.05) is 48.5 Å². The van der Waals surface area contributed by atoms with Gasteiger partial charge in [0.2, 0.25) is 11.8 Å². The van der Waals surface area contributed by atoms with Crippen molar-refractivity contribution < 1.29 is 24.6 Å². The Morgan fingerprint density at radius 2 is 1.67 bits per heavy atom. The molecule has 0 radical (unpaired) electrons. The van der Waals surface area contributed by atoms with Gasteiger partial charge in [-0.2, -0.15) is 0 Å². The number of hydrogen-bond donors (Lipinski definition) is 3. The third kappa shape index (κ3) is 3.22. The zero-order valence-corrected chi connectivity index (χ0v) is 16.1. The summed E-state index contributed by atoms with van der Waals surface area (Å²) in [6.45, 7) is -0.723. The minimum absolute atomic E-state index is 0.0712. The van der Waals surface area contributed by atoms with Gasteiger partial charge in [0.1, 0.15) is 0 Å². The molecule has 0 bridgehead atoms. The molecule has 2 amide bonds. The molecule has 2 aromatic rings. The van der Waals surface area contributed by atoms with Gasteiger partial charge in [0.25, 0.3) is 0 Å². The zero-order valence-electron chi connectivity index (χ0n) is 16.1. The van der Waals surface area contributed by atoms with Crippen molar-refractivity contribution in [3.05, 3.63) is 77.9 Å². The first kappa shape index (κ1) is 20.0. The number of carboxylic acid groups (broad SMARTS) is 1. The molecule has 30 heavy (non-hydrogen) atoms. The molecular weight excluding hydrogens is 384 g/mol. The number of aliphatic carboxylic acids is 1. The smallest absolute Gasteiger partial charge is 0.327 e. The second-order valence-corrected chi connectivity index (χ2v) is 7.63. The van der Waals surface area contributed by atoms with Crippen molar-refractivity contribution in [2.75, 3.05) is 6.61 Å². The van der Waals surface area contributed by atoms with Gasteiger partial charge < -0.3 is 10.2 Å². The predicted octanol–water partition coefficient (Wildman–Crippen LogP) is 1.29. The molecule has 2 aromatic carbocycles. The Kier molecular flexibility index (Phi) is 5.24. The maximum atomic E-state index is 13.2. The van der Waals surface area contributed by atoms with Crippen molar-refractivity contribution in [3.8, 4) is 0 Å². The highest BCUT2D eigenvalue weighted by Gasteiger charge is 2.67. The molecule has 154 valence electrons. The molecule has 3 N–H and O–H groups in total. The first-order valence-corrected chi connectivity index (χ1v) is 9.72. The largest absolute Gasteiger partial charge is 0.480 e. The van der Waals surface area contributed by atoms with E-state index in [1.54, 1.807) is 24.3 Å². The van der Waals surface area contributed by atoms with E-state index >= 15 is 0 Å². The number of carbonyl (C=O) groups excluding carboxylic acids is 2. The Bertz CT molecular complexity index is 991. The van der Waals surface area contributed by atoms with Crippen LogP contribution in [0.15, 0.2) is 66.7 Å². The fourth-order valence-electron chi connectivity index (χ4n) is 4.38. The number of carboxylic acids is 1. The molecule has 2 saturated heterocycles. The maximum absolute atomic E-state index is 13.2. The molecule has 2 heterocycles. The van der Waals surface area contributed by atoms with Crippen LogP contribution in [0.3, 0.4) is 0 Å². The van der Waals surface area contributed by atoms with Crippen molar-refractivity contribution in [2.45, 2.75) is 18.1 Å². The Balaban J connectivity index is 1.69. The van der Waals surface area contributed by atoms with E-state index in [2.05, 4.69) is 5.32 Å². The fourth-order valence-corrected chi connectivity index (χ4v) is 4.38. The molecule has 0 aromatic heterocycles. The first-order valence-electron chi connectivity index (χ1n) is 9.72. The summed E-state index contributed by atoms with van der Waals surface area (Å²) >= 11 is 0. The molecule has 2 aliphatic heterocycles. The van der Waals surface area contributed by atoms with Crippen LogP contribution >= 0.6 is 0 Å².